The molecule has 2 rings (SSSR count). The maximum absolute atomic E-state index is 5.69. The van der Waals surface area contributed by atoms with Crippen LogP contribution in [-0.4, -0.2) is 10.3 Å². The smallest absolute Gasteiger partial charge is 0.119 e. The molecule has 82 valence electrons. The highest BCUT2D eigenvalue weighted by Gasteiger charge is 1.96. The summed E-state index contributed by atoms with van der Waals surface area (Å²) in [6, 6.07) is 8.12. The molecule has 16 heavy (non-hydrogen) atoms. The molecule has 0 fully saturated rings. The maximum atomic E-state index is 5.69. The molecule has 0 atom stereocenters. The number of allylic oxidation sites excluding steroid dienone is 2. The van der Waals surface area contributed by atoms with Gasteiger partial charge in [-0.3, -0.25) is 0 Å². The largest absolute Gasteiger partial charge is 0.489 e. The molecule has 0 radical (unpaired) electrons. The quantitative estimate of drug-likeness (QED) is 0.770. The second kappa shape index (κ2) is 5.83. The molecular formula is C14H13IO. The van der Waals surface area contributed by atoms with Crippen LogP contribution in [-0.2, 0) is 0 Å². The van der Waals surface area contributed by atoms with Crippen molar-refractivity contribution in [2.24, 2.45) is 0 Å². The van der Waals surface area contributed by atoms with Crippen LogP contribution in [0.5, 0.6) is 5.75 Å². The Balaban J connectivity index is 1.97. The molecule has 1 aliphatic rings. The van der Waals surface area contributed by atoms with Crippen LogP contribution in [0.1, 0.15) is 5.56 Å². The summed E-state index contributed by atoms with van der Waals surface area (Å²) < 4.78 is 11.2. The van der Waals surface area contributed by atoms with Gasteiger partial charge in [-0.1, -0.05) is 33.5 Å². The summed E-state index contributed by atoms with van der Waals surface area (Å²) in [7, 11) is 0. The molecule has 0 saturated heterocycles. The molecule has 0 aromatic heterocycles. The predicted molar refractivity (Wildman–Crippen MR) is 77.5 cm³/mol. The second-order valence-corrected chi connectivity index (χ2v) is 5.49. The van der Waals surface area contributed by atoms with E-state index in [-0.39, 0.29) is 20.7 Å². The van der Waals surface area contributed by atoms with E-state index in [1.807, 2.05) is 18.2 Å². The van der Waals surface area contributed by atoms with Crippen molar-refractivity contribution in [1.29, 1.82) is 0 Å². The van der Waals surface area contributed by atoms with E-state index in [1.54, 1.807) is 0 Å². The van der Waals surface area contributed by atoms with Gasteiger partial charge in [0.25, 0.3) is 0 Å². The third kappa shape index (κ3) is 3.47. The second-order valence-electron chi connectivity index (χ2n) is 3.52. The van der Waals surface area contributed by atoms with Gasteiger partial charge in [-0.05, 0) is 55.5 Å². The highest BCUT2D eigenvalue weighted by atomic mass is 127. The number of aryl methyl sites for hydroxylation is 1. The van der Waals surface area contributed by atoms with Gasteiger partial charge in [0.15, 0.2) is 0 Å². The van der Waals surface area contributed by atoms with Gasteiger partial charge in [0, 0.05) is 0 Å². The molecule has 0 aliphatic carbocycles. The van der Waals surface area contributed by atoms with Crippen LogP contribution in [0.4, 0.5) is 0 Å². The van der Waals surface area contributed by atoms with Crippen LogP contribution in [0, 0.1) is 6.92 Å². The number of hydrogen-bond donors (Lipinski definition) is 0. The van der Waals surface area contributed by atoms with Gasteiger partial charge < -0.3 is 4.74 Å². The normalized spacial score (nSPS) is 13.9. The molecule has 0 amide bonds. The van der Waals surface area contributed by atoms with Crippen LogP contribution in [0.15, 0.2) is 52.1 Å². The van der Waals surface area contributed by atoms with E-state index in [2.05, 4.69) is 39.0 Å². The van der Waals surface area contributed by atoms with Crippen LogP contribution in [0.3, 0.4) is 0 Å². The van der Waals surface area contributed by atoms with Gasteiger partial charge in [-0.25, -0.2) is 0 Å². The average molecular weight is 324 g/mol. The van der Waals surface area contributed by atoms with E-state index in [0.29, 0.717) is 6.61 Å². The third-order valence-corrected chi connectivity index (χ3v) is 3.62. The van der Waals surface area contributed by atoms with Crippen LogP contribution in [0.25, 0.3) is 0 Å². The van der Waals surface area contributed by atoms with Crippen molar-refractivity contribution >= 4 is 24.4 Å². The Morgan fingerprint density at radius 1 is 1.25 bits per heavy atom. The van der Waals surface area contributed by atoms with Crippen molar-refractivity contribution in [3.05, 3.63) is 57.7 Å². The molecule has 0 spiro atoms. The summed E-state index contributed by atoms with van der Waals surface area (Å²) in [5.41, 5.74) is 2.43. The summed E-state index contributed by atoms with van der Waals surface area (Å²) in [5, 5.41) is 0. The van der Waals surface area contributed by atoms with Gasteiger partial charge in [0.2, 0.25) is 0 Å². The standard InChI is InChI=1S/C14H13IO/c1-12-4-6-14(7-5-12)16-11-13-3-2-9-15-10-8-13/h2-9H,11H2,1H3. The Morgan fingerprint density at radius 3 is 2.88 bits per heavy atom. The maximum Gasteiger partial charge on any atom is 0.119 e. The molecule has 1 aromatic rings. The van der Waals surface area contributed by atoms with Crippen molar-refractivity contribution in [3.63, 3.8) is 0 Å². The summed E-state index contributed by atoms with van der Waals surface area (Å²) in [5.74, 6) is 0.919. The topological polar surface area (TPSA) is 9.23 Å². The number of halogens is 1. The Hall–Kier alpha value is -1.12. The van der Waals surface area contributed by atoms with Crippen molar-refractivity contribution < 1.29 is 4.74 Å². The summed E-state index contributed by atoms with van der Waals surface area (Å²) in [6.45, 7) is 2.69. The first-order valence-electron chi connectivity index (χ1n) is 5.11. The number of rotatable bonds is 3. The first-order chi connectivity index (χ1) is 7.84. The molecule has 1 heterocycles. The Bertz CT molecular complexity index is 474. The highest BCUT2D eigenvalue weighted by Crippen LogP contribution is 2.13. The van der Waals surface area contributed by atoms with Gasteiger partial charge in [-0.2, -0.15) is 0 Å². The number of ether oxygens (including phenoxy) is 1. The lowest BCUT2D eigenvalue weighted by atomic mass is 10.2. The molecular weight excluding hydrogens is 311 g/mol. The lowest BCUT2D eigenvalue weighted by molar-refractivity contribution is 0.355. The minimum atomic E-state index is -0.00473. The molecule has 0 saturated carbocycles. The SMILES string of the molecule is Cc1ccc(OCC2=CC=CI=C=C2)cc1. The summed E-state index contributed by atoms with van der Waals surface area (Å²) in [4.78, 5) is 0. The molecule has 0 N–H and O–H groups in total. The van der Waals surface area contributed by atoms with E-state index >= 15 is 0 Å². The molecule has 1 nitrogen and oxygen atoms in total. The lowest BCUT2D eigenvalue weighted by Gasteiger charge is -2.06. The highest BCUT2D eigenvalue weighted by molar-refractivity contribution is 14.2. The van der Waals surface area contributed by atoms with E-state index in [9.17, 15) is 0 Å². The van der Waals surface area contributed by atoms with E-state index in [1.165, 1.54) is 11.1 Å². The molecule has 1 aliphatic heterocycles. The minimum absolute atomic E-state index is 0.00473. The first kappa shape index (κ1) is 11.4. The first-order valence-corrected chi connectivity index (χ1v) is 7.43. The Labute approximate surface area is 106 Å². The van der Waals surface area contributed by atoms with Crippen LogP contribution >= 0.6 is 20.7 Å². The average Bonchev–Trinajstić information content (AvgIpc) is 2.57. The zero-order chi connectivity index (χ0) is 11.2. The van der Waals surface area contributed by atoms with Crippen molar-refractivity contribution in [2.75, 3.05) is 6.61 Å². The molecule has 2 heteroatoms. The number of benzene rings is 1. The molecule has 0 unspecified atom stereocenters. The summed E-state index contributed by atoms with van der Waals surface area (Å²) >= 11 is -0.00473. The Morgan fingerprint density at radius 2 is 2.06 bits per heavy atom. The van der Waals surface area contributed by atoms with Crippen molar-refractivity contribution in [1.82, 2.24) is 0 Å². The molecule has 0 bridgehead atoms. The van der Waals surface area contributed by atoms with Crippen molar-refractivity contribution in [3.8, 4) is 5.75 Å². The zero-order valence-corrected chi connectivity index (χ0v) is 11.3. The summed E-state index contributed by atoms with van der Waals surface area (Å²) in [6.07, 6.45) is 6.23. The fourth-order valence-corrected chi connectivity index (χ4v) is 2.48. The lowest BCUT2D eigenvalue weighted by Crippen LogP contribution is -1.99. The van der Waals surface area contributed by atoms with Gasteiger partial charge >= 0.3 is 0 Å². The fourth-order valence-electron chi connectivity index (χ4n) is 1.27. The predicted octanol–water partition coefficient (Wildman–Crippen LogP) is 3.76. The van der Waals surface area contributed by atoms with Gasteiger partial charge in [0.05, 0.1) is 0 Å². The fraction of sp³-hybridized carbons (Fsp3) is 0.143. The Kier molecular flexibility index (Phi) is 4.14. The van der Waals surface area contributed by atoms with E-state index in [0.717, 1.165) is 5.75 Å². The van der Waals surface area contributed by atoms with Crippen LogP contribution in [0.2, 0.25) is 0 Å². The molecule has 1 aromatic carbocycles. The van der Waals surface area contributed by atoms with Gasteiger partial charge in [0.1, 0.15) is 12.4 Å². The van der Waals surface area contributed by atoms with Gasteiger partial charge in [-0.15, -0.1) is 0 Å². The monoisotopic (exact) mass is 324 g/mol. The minimum Gasteiger partial charge on any atom is -0.489 e. The third-order valence-electron chi connectivity index (χ3n) is 2.18. The van der Waals surface area contributed by atoms with E-state index in [4.69, 9.17) is 4.74 Å². The van der Waals surface area contributed by atoms with Crippen molar-refractivity contribution in [2.45, 2.75) is 6.92 Å². The van der Waals surface area contributed by atoms with E-state index < -0.39 is 0 Å². The zero-order valence-electron chi connectivity index (χ0n) is 9.11. The van der Waals surface area contributed by atoms with Crippen LogP contribution < -0.4 is 4.74 Å². The number of hydrogen-bond acceptors (Lipinski definition) is 1.